The molecule has 2 N–H and O–H groups in total. The molecule has 2 aromatic rings. The van der Waals surface area contributed by atoms with Crippen molar-refractivity contribution in [3.05, 3.63) is 29.3 Å². The van der Waals surface area contributed by atoms with E-state index in [1.807, 2.05) is 18.2 Å². The molecule has 3 rings (SSSR count). The van der Waals surface area contributed by atoms with Gasteiger partial charge in [0.1, 0.15) is 0 Å². The first kappa shape index (κ1) is 16.4. The predicted octanol–water partition coefficient (Wildman–Crippen LogP) is 3.29. The van der Waals surface area contributed by atoms with Crippen LogP contribution in [0.1, 0.15) is 43.5 Å². The molecule has 1 aliphatic rings. The first-order valence-corrected chi connectivity index (χ1v) is 9.32. The van der Waals surface area contributed by atoms with Crippen LogP contribution in [0, 0.1) is 5.92 Å². The summed E-state index contributed by atoms with van der Waals surface area (Å²) in [6.45, 7) is 0.169. The Morgan fingerprint density at radius 1 is 1.26 bits per heavy atom. The molecule has 1 saturated carbocycles. The number of aliphatic hydroxyl groups excluding tert-OH is 1. The molecule has 2 atom stereocenters. The van der Waals surface area contributed by atoms with E-state index in [4.69, 9.17) is 0 Å². The minimum absolute atomic E-state index is 0.0783. The van der Waals surface area contributed by atoms with Crippen molar-refractivity contribution in [1.82, 2.24) is 10.3 Å². The molecule has 1 heterocycles. The first-order chi connectivity index (χ1) is 11.3. The highest BCUT2D eigenvalue weighted by Gasteiger charge is 2.24. The SMILES string of the molecule is O=C(CCc1nc2ccccc2s1)NC1CCCCCC1CO. The summed E-state index contributed by atoms with van der Waals surface area (Å²) < 4.78 is 1.17. The van der Waals surface area contributed by atoms with Crippen LogP contribution in [-0.4, -0.2) is 28.6 Å². The Hall–Kier alpha value is -1.46. The third-order valence-electron chi connectivity index (χ3n) is 4.64. The van der Waals surface area contributed by atoms with E-state index in [-0.39, 0.29) is 24.5 Å². The number of nitrogens with zero attached hydrogens (tertiary/aromatic N) is 1. The monoisotopic (exact) mass is 332 g/mol. The smallest absolute Gasteiger partial charge is 0.220 e. The van der Waals surface area contributed by atoms with E-state index in [1.54, 1.807) is 11.3 Å². The fraction of sp³-hybridized carbons (Fsp3) is 0.556. The fourth-order valence-electron chi connectivity index (χ4n) is 3.32. The number of aryl methyl sites for hydroxylation is 1. The summed E-state index contributed by atoms with van der Waals surface area (Å²) in [4.78, 5) is 16.8. The molecule has 0 bridgehead atoms. The van der Waals surface area contributed by atoms with Crippen molar-refractivity contribution in [2.75, 3.05) is 6.61 Å². The van der Waals surface area contributed by atoms with Gasteiger partial charge in [-0.3, -0.25) is 4.79 Å². The number of fused-ring (bicyclic) bond motifs is 1. The fourth-order valence-corrected chi connectivity index (χ4v) is 4.29. The molecule has 0 aliphatic heterocycles. The lowest BCUT2D eigenvalue weighted by atomic mass is 9.95. The highest BCUT2D eigenvalue weighted by molar-refractivity contribution is 7.18. The van der Waals surface area contributed by atoms with E-state index in [1.165, 1.54) is 11.1 Å². The molecule has 1 aromatic carbocycles. The summed E-state index contributed by atoms with van der Waals surface area (Å²) in [6.07, 6.45) is 6.64. The second kappa shape index (κ2) is 7.88. The topological polar surface area (TPSA) is 62.2 Å². The molecule has 1 aliphatic carbocycles. The molecule has 1 aromatic heterocycles. The molecular weight excluding hydrogens is 308 g/mol. The van der Waals surface area contributed by atoms with Gasteiger partial charge in [0, 0.05) is 31.4 Å². The van der Waals surface area contributed by atoms with Crippen LogP contribution >= 0.6 is 11.3 Å². The number of rotatable bonds is 5. The van der Waals surface area contributed by atoms with E-state index in [0.717, 1.165) is 36.2 Å². The predicted molar refractivity (Wildman–Crippen MR) is 93.5 cm³/mol. The van der Waals surface area contributed by atoms with Crippen LogP contribution in [0.4, 0.5) is 0 Å². The van der Waals surface area contributed by atoms with Crippen molar-refractivity contribution in [3.8, 4) is 0 Å². The van der Waals surface area contributed by atoms with Gasteiger partial charge in [0.2, 0.25) is 5.91 Å². The van der Waals surface area contributed by atoms with E-state index >= 15 is 0 Å². The van der Waals surface area contributed by atoms with Crippen LogP contribution in [-0.2, 0) is 11.2 Å². The number of hydrogen-bond donors (Lipinski definition) is 2. The summed E-state index contributed by atoms with van der Waals surface area (Å²) in [5, 5.41) is 13.7. The van der Waals surface area contributed by atoms with Crippen LogP contribution in [0.25, 0.3) is 10.2 Å². The number of aliphatic hydroxyl groups is 1. The van der Waals surface area contributed by atoms with Crippen molar-refractivity contribution in [1.29, 1.82) is 0 Å². The second-order valence-electron chi connectivity index (χ2n) is 6.33. The maximum absolute atomic E-state index is 12.3. The van der Waals surface area contributed by atoms with Crippen LogP contribution < -0.4 is 5.32 Å². The van der Waals surface area contributed by atoms with E-state index in [9.17, 15) is 9.90 Å². The van der Waals surface area contributed by atoms with Crippen LogP contribution in [0.15, 0.2) is 24.3 Å². The number of amides is 1. The minimum atomic E-state index is 0.0783. The number of carbonyl (C=O) groups is 1. The van der Waals surface area contributed by atoms with Gasteiger partial charge in [0.05, 0.1) is 15.2 Å². The maximum Gasteiger partial charge on any atom is 0.220 e. The molecule has 124 valence electrons. The lowest BCUT2D eigenvalue weighted by Crippen LogP contribution is -2.41. The van der Waals surface area contributed by atoms with Gasteiger partial charge in [-0.25, -0.2) is 4.98 Å². The number of nitrogens with one attached hydrogen (secondary N) is 1. The Labute approximate surface area is 140 Å². The van der Waals surface area contributed by atoms with Crippen molar-refractivity contribution in [3.63, 3.8) is 0 Å². The zero-order chi connectivity index (χ0) is 16.1. The molecule has 0 radical (unpaired) electrons. The largest absolute Gasteiger partial charge is 0.396 e. The summed E-state index contributed by atoms with van der Waals surface area (Å²) in [5.41, 5.74) is 1.01. The molecule has 23 heavy (non-hydrogen) atoms. The van der Waals surface area contributed by atoms with Crippen molar-refractivity contribution in [2.24, 2.45) is 5.92 Å². The maximum atomic E-state index is 12.3. The lowest BCUT2D eigenvalue weighted by Gasteiger charge is -2.24. The molecule has 0 spiro atoms. The molecule has 1 fully saturated rings. The Balaban J connectivity index is 1.54. The Morgan fingerprint density at radius 3 is 2.91 bits per heavy atom. The standard InChI is InChI=1S/C18H24N2O2S/c21-12-13-6-2-1-3-7-14(13)19-17(22)10-11-18-20-15-8-4-5-9-16(15)23-18/h4-5,8-9,13-14,21H,1-3,6-7,10-12H2,(H,19,22). The van der Waals surface area contributed by atoms with Gasteiger partial charge in [0.25, 0.3) is 0 Å². The molecule has 1 amide bonds. The normalized spacial score (nSPS) is 22.0. The number of aromatic nitrogens is 1. The summed E-state index contributed by atoms with van der Waals surface area (Å²) in [5.74, 6) is 0.290. The number of thiazole rings is 1. The second-order valence-corrected chi connectivity index (χ2v) is 7.45. The number of hydrogen-bond acceptors (Lipinski definition) is 4. The van der Waals surface area contributed by atoms with Gasteiger partial charge in [-0.05, 0) is 25.0 Å². The lowest BCUT2D eigenvalue weighted by molar-refractivity contribution is -0.122. The molecular formula is C18H24N2O2S. The highest BCUT2D eigenvalue weighted by Crippen LogP contribution is 2.24. The van der Waals surface area contributed by atoms with Gasteiger partial charge < -0.3 is 10.4 Å². The zero-order valence-corrected chi connectivity index (χ0v) is 14.1. The summed E-state index contributed by atoms with van der Waals surface area (Å²) >= 11 is 1.66. The first-order valence-electron chi connectivity index (χ1n) is 8.51. The quantitative estimate of drug-likeness (QED) is 0.826. The average Bonchev–Trinajstić information content (AvgIpc) is 2.85. The number of carbonyl (C=O) groups excluding carboxylic acids is 1. The van der Waals surface area contributed by atoms with Crippen LogP contribution in [0.2, 0.25) is 0 Å². The summed E-state index contributed by atoms with van der Waals surface area (Å²) in [7, 11) is 0. The Kier molecular flexibility index (Phi) is 5.62. The number of benzene rings is 1. The van der Waals surface area contributed by atoms with Crippen LogP contribution in [0.3, 0.4) is 0 Å². The highest BCUT2D eigenvalue weighted by atomic mass is 32.1. The third-order valence-corrected chi connectivity index (χ3v) is 5.74. The van der Waals surface area contributed by atoms with Crippen LogP contribution in [0.5, 0.6) is 0 Å². The Bertz CT molecular complexity index is 622. The van der Waals surface area contributed by atoms with Gasteiger partial charge in [-0.1, -0.05) is 31.4 Å². The van der Waals surface area contributed by atoms with Crippen molar-refractivity contribution in [2.45, 2.75) is 51.0 Å². The van der Waals surface area contributed by atoms with Gasteiger partial charge in [0.15, 0.2) is 0 Å². The van der Waals surface area contributed by atoms with Gasteiger partial charge >= 0.3 is 0 Å². The van der Waals surface area contributed by atoms with Crippen molar-refractivity contribution < 1.29 is 9.90 Å². The molecule has 5 heteroatoms. The molecule has 2 unspecified atom stereocenters. The third kappa shape index (κ3) is 4.30. The van der Waals surface area contributed by atoms with E-state index < -0.39 is 0 Å². The van der Waals surface area contributed by atoms with E-state index in [2.05, 4.69) is 16.4 Å². The molecule has 4 nitrogen and oxygen atoms in total. The summed E-state index contributed by atoms with van der Waals surface area (Å²) in [6, 6.07) is 8.20. The average molecular weight is 332 g/mol. The number of para-hydroxylation sites is 1. The zero-order valence-electron chi connectivity index (χ0n) is 13.3. The van der Waals surface area contributed by atoms with Crippen molar-refractivity contribution >= 4 is 27.5 Å². The van der Waals surface area contributed by atoms with E-state index in [0.29, 0.717) is 12.8 Å². The Morgan fingerprint density at radius 2 is 2.09 bits per heavy atom. The minimum Gasteiger partial charge on any atom is -0.396 e. The molecule has 0 saturated heterocycles. The van der Waals surface area contributed by atoms with Gasteiger partial charge in [-0.15, -0.1) is 11.3 Å². The van der Waals surface area contributed by atoms with Gasteiger partial charge in [-0.2, -0.15) is 0 Å².